The fourth-order valence-electron chi connectivity index (χ4n) is 2.77. The first-order valence-corrected chi connectivity index (χ1v) is 9.35. The van der Waals surface area contributed by atoms with Gasteiger partial charge in [-0.25, -0.2) is 9.97 Å². The molecule has 1 aliphatic carbocycles. The molecule has 2 aromatic heterocycles. The van der Waals surface area contributed by atoms with E-state index < -0.39 is 5.91 Å². The number of benzene rings is 1. The van der Waals surface area contributed by atoms with Crippen molar-refractivity contribution in [3.05, 3.63) is 38.9 Å². The molecule has 1 aromatic carbocycles. The predicted octanol–water partition coefficient (Wildman–Crippen LogP) is 4.30. The average molecular weight is 393 g/mol. The van der Waals surface area contributed by atoms with E-state index in [-0.39, 0.29) is 0 Å². The number of nitrogens with zero attached hydrogens (tertiary/aromatic N) is 2. The van der Waals surface area contributed by atoms with E-state index in [0.29, 0.717) is 42.4 Å². The highest BCUT2D eigenvalue weighted by Gasteiger charge is 2.26. The van der Waals surface area contributed by atoms with Gasteiger partial charge in [-0.05, 0) is 30.9 Å². The second kappa shape index (κ2) is 6.12. The minimum atomic E-state index is -0.565. The van der Waals surface area contributed by atoms with Crippen molar-refractivity contribution in [2.24, 2.45) is 11.7 Å². The molecule has 0 unspecified atom stereocenters. The van der Waals surface area contributed by atoms with Crippen molar-refractivity contribution >= 4 is 56.3 Å². The Balaban J connectivity index is 1.97. The summed E-state index contributed by atoms with van der Waals surface area (Å²) < 4.78 is 0. The van der Waals surface area contributed by atoms with Crippen LogP contribution in [0.2, 0.25) is 10.0 Å². The maximum atomic E-state index is 11.7. The molecule has 4 rings (SSSR count). The van der Waals surface area contributed by atoms with Crippen LogP contribution in [-0.4, -0.2) is 15.9 Å². The Morgan fingerprint density at radius 1 is 1.24 bits per heavy atom. The normalized spacial score (nSPS) is 14.2. The van der Waals surface area contributed by atoms with Crippen molar-refractivity contribution in [1.29, 1.82) is 0 Å². The summed E-state index contributed by atoms with van der Waals surface area (Å²) in [6, 6.07) is 5.29. The highest BCUT2D eigenvalue weighted by atomic mass is 35.5. The van der Waals surface area contributed by atoms with Crippen LogP contribution >= 0.6 is 34.5 Å². The molecule has 128 valence electrons. The van der Waals surface area contributed by atoms with Crippen LogP contribution in [0.4, 0.5) is 5.69 Å². The van der Waals surface area contributed by atoms with E-state index in [1.165, 1.54) is 24.2 Å². The van der Waals surface area contributed by atoms with Gasteiger partial charge in [0.15, 0.2) is 0 Å². The summed E-state index contributed by atoms with van der Waals surface area (Å²) in [5, 5.41) is 1.53. The molecular formula is C17H14Cl2N4OS. The number of rotatable bonds is 4. The van der Waals surface area contributed by atoms with Crippen LogP contribution in [0.15, 0.2) is 18.2 Å². The molecule has 1 aliphatic rings. The minimum Gasteiger partial charge on any atom is -0.397 e. The first kappa shape index (κ1) is 16.6. The number of halogens is 2. The van der Waals surface area contributed by atoms with Crippen LogP contribution < -0.4 is 11.5 Å². The molecule has 0 aliphatic heterocycles. The molecule has 1 saturated carbocycles. The molecule has 0 saturated heterocycles. The SMILES string of the molecule is NC(=O)c1sc2nc(CC3CC3)nc(-c3ccc(Cl)c(Cl)c3)c2c1N. The van der Waals surface area contributed by atoms with Crippen LogP contribution in [0.5, 0.6) is 0 Å². The first-order valence-electron chi connectivity index (χ1n) is 7.78. The third-order valence-electron chi connectivity index (χ3n) is 4.22. The number of fused-ring (bicyclic) bond motifs is 1. The Morgan fingerprint density at radius 2 is 2.00 bits per heavy atom. The smallest absolute Gasteiger partial charge is 0.260 e. The number of nitrogens with two attached hydrogens (primary N) is 2. The third-order valence-corrected chi connectivity index (χ3v) is 6.07. The van der Waals surface area contributed by atoms with E-state index in [0.717, 1.165) is 17.8 Å². The van der Waals surface area contributed by atoms with Crippen molar-refractivity contribution in [2.45, 2.75) is 19.3 Å². The topological polar surface area (TPSA) is 94.9 Å². The van der Waals surface area contributed by atoms with Gasteiger partial charge in [0.05, 0.1) is 26.8 Å². The third kappa shape index (κ3) is 3.05. The largest absolute Gasteiger partial charge is 0.397 e. The van der Waals surface area contributed by atoms with Gasteiger partial charge in [-0.2, -0.15) is 0 Å². The highest BCUT2D eigenvalue weighted by Crippen LogP contribution is 2.40. The number of primary amides is 1. The van der Waals surface area contributed by atoms with Gasteiger partial charge < -0.3 is 11.5 Å². The quantitative estimate of drug-likeness (QED) is 0.691. The van der Waals surface area contributed by atoms with Crippen LogP contribution in [0.3, 0.4) is 0 Å². The van der Waals surface area contributed by atoms with E-state index in [1.807, 2.05) is 6.07 Å². The zero-order valence-electron chi connectivity index (χ0n) is 13.1. The van der Waals surface area contributed by atoms with Crippen molar-refractivity contribution < 1.29 is 4.79 Å². The van der Waals surface area contributed by atoms with Gasteiger partial charge in [-0.3, -0.25) is 4.79 Å². The number of amides is 1. The lowest BCUT2D eigenvalue weighted by Gasteiger charge is -2.08. The van der Waals surface area contributed by atoms with E-state index in [4.69, 9.17) is 39.7 Å². The summed E-state index contributed by atoms with van der Waals surface area (Å²) in [5.41, 5.74) is 13.4. The van der Waals surface area contributed by atoms with Gasteiger partial charge in [-0.1, -0.05) is 29.3 Å². The summed E-state index contributed by atoms with van der Waals surface area (Å²) in [6.45, 7) is 0. The Bertz CT molecular complexity index is 1010. The van der Waals surface area contributed by atoms with Crippen molar-refractivity contribution in [2.75, 3.05) is 5.73 Å². The summed E-state index contributed by atoms with van der Waals surface area (Å²) in [6.07, 6.45) is 3.21. The van der Waals surface area contributed by atoms with E-state index >= 15 is 0 Å². The molecule has 8 heteroatoms. The molecule has 3 aromatic rings. The van der Waals surface area contributed by atoms with Crippen molar-refractivity contribution in [1.82, 2.24) is 9.97 Å². The van der Waals surface area contributed by atoms with E-state index in [2.05, 4.69) is 4.98 Å². The number of nitrogen functional groups attached to an aromatic ring is 1. The molecule has 2 heterocycles. The monoisotopic (exact) mass is 392 g/mol. The van der Waals surface area contributed by atoms with Crippen LogP contribution in [0, 0.1) is 5.92 Å². The fraction of sp³-hybridized carbons (Fsp3) is 0.235. The van der Waals surface area contributed by atoms with Gasteiger partial charge in [0.1, 0.15) is 15.5 Å². The Hall–Kier alpha value is -1.89. The van der Waals surface area contributed by atoms with Gasteiger partial charge >= 0.3 is 0 Å². The molecule has 25 heavy (non-hydrogen) atoms. The summed E-state index contributed by atoms with van der Waals surface area (Å²) in [7, 11) is 0. The highest BCUT2D eigenvalue weighted by molar-refractivity contribution is 7.21. The minimum absolute atomic E-state index is 0.300. The summed E-state index contributed by atoms with van der Waals surface area (Å²) in [5.74, 6) is 0.810. The molecule has 4 N–H and O–H groups in total. The number of carbonyl (C=O) groups is 1. The van der Waals surface area contributed by atoms with Crippen LogP contribution in [0.1, 0.15) is 28.3 Å². The predicted molar refractivity (Wildman–Crippen MR) is 102 cm³/mol. The maximum Gasteiger partial charge on any atom is 0.260 e. The number of carbonyl (C=O) groups excluding carboxylic acids is 1. The average Bonchev–Trinajstić information content (AvgIpc) is 3.31. The molecule has 0 atom stereocenters. The number of hydrogen-bond donors (Lipinski definition) is 2. The fourth-order valence-corrected chi connectivity index (χ4v) is 4.04. The Kier molecular flexibility index (Phi) is 4.06. The lowest BCUT2D eigenvalue weighted by Crippen LogP contribution is -2.10. The molecule has 0 radical (unpaired) electrons. The van der Waals surface area contributed by atoms with E-state index in [1.54, 1.807) is 12.1 Å². The Labute approximate surface area is 158 Å². The van der Waals surface area contributed by atoms with Gasteiger partial charge in [0.25, 0.3) is 5.91 Å². The molecule has 5 nitrogen and oxygen atoms in total. The lowest BCUT2D eigenvalue weighted by atomic mass is 10.1. The van der Waals surface area contributed by atoms with E-state index in [9.17, 15) is 4.79 Å². The van der Waals surface area contributed by atoms with Gasteiger partial charge in [-0.15, -0.1) is 11.3 Å². The van der Waals surface area contributed by atoms with Crippen molar-refractivity contribution in [3.8, 4) is 11.3 Å². The zero-order chi connectivity index (χ0) is 17.7. The van der Waals surface area contributed by atoms with Gasteiger partial charge in [0.2, 0.25) is 0 Å². The van der Waals surface area contributed by atoms with Crippen LogP contribution in [-0.2, 0) is 6.42 Å². The number of thiophene rings is 1. The molecular weight excluding hydrogens is 379 g/mol. The zero-order valence-corrected chi connectivity index (χ0v) is 15.4. The van der Waals surface area contributed by atoms with Gasteiger partial charge in [0, 0.05) is 12.0 Å². The molecule has 0 spiro atoms. The molecule has 1 fully saturated rings. The van der Waals surface area contributed by atoms with Crippen molar-refractivity contribution in [3.63, 3.8) is 0 Å². The standard InChI is InChI=1S/C17H14Cl2N4OS/c18-9-4-3-8(6-10(9)19)14-12-13(20)15(16(21)24)25-17(12)23-11(22-14)5-7-1-2-7/h3-4,6-7H,1-2,5,20H2,(H2,21,24). The summed E-state index contributed by atoms with van der Waals surface area (Å²) >= 11 is 13.4. The Morgan fingerprint density at radius 3 is 2.64 bits per heavy atom. The second-order valence-electron chi connectivity index (χ2n) is 6.15. The maximum absolute atomic E-state index is 11.7. The first-order chi connectivity index (χ1) is 11.9. The second-order valence-corrected chi connectivity index (χ2v) is 7.97. The van der Waals surface area contributed by atoms with Crippen LogP contribution in [0.25, 0.3) is 21.5 Å². The lowest BCUT2D eigenvalue weighted by molar-refractivity contribution is 0.100. The number of anilines is 1. The summed E-state index contributed by atoms with van der Waals surface area (Å²) in [4.78, 5) is 22.0. The number of hydrogen-bond acceptors (Lipinski definition) is 5. The molecule has 1 amide bonds. The number of aromatic nitrogens is 2. The molecule has 0 bridgehead atoms.